The molecule has 0 saturated heterocycles. The van der Waals surface area contributed by atoms with Crippen molar-refractivity contribution in [3.05, 3.63) is 35.9 Å². The highest BCUT2D eigenvalue weighted by molar-refractivity contribution is 6.19. The molecule has 1 unspecified atom stereocenters. The fourth-order valence-corrected chi connectivity index (χ4v) is 2.96. The molecule has 0 spiro atoms. The van der Waals surface area contributed by atoms with Crippen molar-refractivity contribution in [3.8, 4) is 0 Å². The Morgan fingerprint density at radius 3 is 2.56 bits per heavy atom. The molecular formula is C16H23ClO. The summed E-state index contributed by atoms with van der Waals surface area (Å²) >= 11 is 6.21. The highest BCUT2D eigenvalue weighted by Gasteiger charge is 2.14. The van der Waals surface area contributed by atoms with E-state index in [0.29, 0.717) is 0 Å². The molecular weight excluding hydrogens is 244 g/mol. The van der Waals surface area contributed by atoms with E-state index in [9.17, 15) is 0 Å². The van der Waals surface area contributed by atoms with Gasteiger partial charge in [-0.1, -0.05) is 74.0 Å². The first-order chi connectivity index (χ1) is 8.84. The Morgan fingerprint density at radius 1 is 1.11 bits per heavy atom. The average molecular weight is 267 g/mol. The Hall–Kier alpha value is -0.530. The summed E-state index contributed by atoms with van der Waals surface area (Å²) in [6.45, 7) is 0.811. The van der Waals surface area contributed by atoms with Gasteiger partial charge in [0.05, 0.1) is 0 Å². The Balaban J connectivity index is 1.61. The topological polar surface area (TPSA) is 9.23 Å². The first-order valence-electron chi connectivity index (χ1n) is 7.14. The van der Waals surface area contributed by atoms with Gasteiger partial charge < -0.3 is 4.74 Å². The van der Waals surface area contributed by atoms with Crippen molar-refractivity contribution in [1.82, 2.24) is 0 Å². The maximum absolute atomic E-state index is 6.21. The lowest BCUT2D eigenvalue weighted by atomic mass is 9.87. The number of hydrogen-bond donors (Lipinski definition) is 0. The first kappa shape index (κ1) is 13.9. The second-order valence-electron chi connectivity index (χ2n) is 5.26. The van der Waals surface area contributed by atoms with Gasteiger partial charge in [0.1, 0.15) is 5.56 Å². The van der Waals surface area contributed by atoms with Crippen LogP contribution in [0, 0.1) is 5.92 Å². The van der Waals surface area contributed by atoms with Crippen LogP contribution in [0.1, 0.15) is 44.1 Å². The monoisotopic (exact) mass is 266 g/mol. The Morgan fingerprint density at radius 2 is 1.83 bits per heavy atom. The molecule has 1 aliphatic carbocycles. The maximum atomic E-state index is 6.21. The van der Waals surface area contributed by atoms with Crippen LogP contribution in [-0.4, -0.2) is 12.2 Å². The van der Waals surface area contributed by atoms with Crippen LogP contribution >= 0.6 is 11.6 Å². The Kier molecular flexibility index (Phi) is 6.02. The third kappa shape index (κ3) is 4.99. The minimum atomic E-state index is -0.184. The predicted molar refractivity (Wildman–Crippen MR) is 76.9 cm³/mol. The van der Waals surface area contributed by atoms with E-state index in [0.717, 1.165) is 18.9 Å². The van der Waals surface area contributed by atoms with E-state index in [1.807, 2.05) is 18.2 Å². The molecule has 0 radical (unpaired) electrons. The molecule has 1 atom stereocenters. The van der Waals surface area contributed by atoms with Crippen molar-refractivity contribution in [2.24, 2.45) is 5.92 Å². The van der Waals surface area contributed by atoms with Crippen LogP contribution in [0.4, 0.5) is 0 Å². The largest absolute Gasteiger partial charge is 0.362 e. The molecule has 1 saturated carbocycles. The van der Waals surface area contributed by atoms with E-state index < -0.39 is 0 Å². The van der Waals surface area contributed by atoms with Crippen LogP contribution in [0.3, 0.4) is 0 Å². The fourth-order valence-electron chi connectivity index (χ4n) is 2.70. The average Bonchev–Trinajstić information content (AvgIpc) is 2.41. The summed E-state index contributed by atoms with van der Waals surface area (Å²) in [7, 11) is 0. The molecule has 2 rings (SSSR count). The van der Waals surface area contributed by atoms with Crippen LogP contribution < -0.4 is 0 Å². The summed E-state index contributed by atoms with van der Waals surface area (Å²) in [5.74, 6) is 0.874. The number of halogens is 1. The van der Waals surface area contributed by atoms with Crippen LogP contribution in [0.25, 0.3) is 0 Å². The summed E-state index contributed by atoms with van der Waals surface area (Å²) in [5.41, 5.74) is 1.06. The van der Waals surface area contributed by atoms with Gasteiger partial charge in [-0.05, 0) is 17.9 Å². The quantitative estimate of drug-likeness (QED) is 0.673. The number of rotatable bonds is 6. The van der Waals surface area contributed by atoms with Crippen molar-refractivity contribution >= 4 is 11.6 Å². The Bertz CT molecular complexity index is 319. The zero-order valence-corrected chi connectivity index (χ0v) is 11.7. The molecule has 1 aromatic rings. The molecule has 0 amide bonds. The predicted octanol–water partition coefficient (Wildman–Crippen LogP) is 4.78. The van der Waals surface area contributed by atoms with Crippen molar-refractivity contribution in [2.75, 3.05) is 6.61 Å². The SMILES string of the molecule is ClC(Cc1ccccc1)OCCC1CCCCC1. The van der Waals surface area contributed by atoms with Gasteiger partial charge in [0, 0.05) is 13.0 Å². The molecule has 2 heteroatoms. The highest BCUT2D eigenvalue weighted by atomic mass is 35.5. The normalized spacial score (nSPS) is 18.7. The van der Waals surface area contributed by atoms with Crippen molar-refractivity contribution < 1.29 is 4.74 Å². The highest BCUT2D eigenvalue weighted by Crippen LogP contribution is 2.26. The fraction of sp³-hybridized carbons (Fsp3) is 0.625. The lowest BCUT2D eigenvalue weighted by Gasteiger charge is -2.21. The van der Waals surface area contributed by atoms with Crippen molar-refractivity contribution in [2.45, 2.75) is 50.5 Å². The summed E-state index contributed by atoms with van der Waals surface area (Å²) in [6, 6.07) is 10.3. The molecule has 1 aromatic carbocycles. The van der Waals surface area contributed by atoms with Crippen molar-refractivity contribution in [1.29, 1.82) is 0 Å². The molecule has 100 valence electrons. The van der Waals surface area contributed by atoms with E-state index in [4.69, 9.17) is 16.3 Å². The molecule has 18 heavy (non-hydrogen) atoms. The third-order valence-electron chi connectivity index (χ3n) is 3.79. The number of alkyl halides is 1. The van der Waals surface area contributed by atoms with Crippen LogP contribution in [-0.2, 0) is 11.2 Å². The lowest BCUT2D eigenvalue weighted by molar-refractivity contribution is 0.0905. The molecule has 0 aliphatic heterocycles. The van der Waals surface area contributed by atoms with Gasteiger partial charge in [-0.15, -0.1) is 0 Å². The molecule has 1 nitrogen and oxygen atoms in total. The van der Waals surface area contributed by atoms with Gasteiger partial charge in [-0.25, -0.2) is 0 Å². The van der Waals surface area contributed by atoms with Gasteiger partial charge in [-0.3, -0.25) is 0 Å². The smallest absolute Gasteiger partial charge is 0.135 e. The molecule has 0 heterocycles. The summed E-state index contributed by atoms with van der Waals surface area (Å²) in [6.07, 6.45) is 8.97. The minimum absolute atomic E-state index is 0.184. The van der Waals surface area contributed by atoms with Gasteiger partial charge >= 0.3 is 0 Å². The molecule has 0 N–H and O–H groups in total. The third-order valence-corrected chi connectivity index (χ3v) is 4.07. The lowest BCUT2D eigenvalue weighted by Crippen LogP contribution is -2.14. The Labute approximate surface area is 115 Å². The molecule has 0 aromatic heterocycles. The maximum Gasteiger partial charge on any atom is 0.135 e. The zero-order chi connectivity index (χ0) is 12.6. The molecule has 1 fully saturated rings. The number of hydrogen-bond acceptors (Lipinski definition) is 1. The van der Waals surface area contributed by atoms with Gasteiger partial charge in [0.25, 0.3) is 0 Å². The molecule has 1 aliphatic rings. The minimum Gasteiger partial charge on any atom is -0.362 e. The summed E-state index contributed by atoms with van der Waals surface area (Å²) in [4.78, 5) is 0. The standard InChI is InChI=1S/C16H23ClO/c17-16(13-15-9-5-2-6-10-15)18-12-11-14-7-3-1-4-8-14/h2,5-6,9-10,14,16H,1,3-4,7-8,11-13H2. The number of ether oxygens (including phenoxy) is 1. The second-order valence-corrected chi connectivity index (χ2v) is 5.75. The van der Waals surface area contributed by atoms with E-state index in [1.165, 1.54) is 44.1 Å². The van der Waals surface area contributed by atoms with Crippen LogP contribution in [0.5, 0.6) is 0 Å². The van der Waals surface area contributed by atoms with Crippen LogP contribution in [0.15, 0.2) is 30.3 Å². The summed E-state index contributed by atoms with van der Waals surface area (Å²) < 4.78 is 5.71. The van der Waals surface area contributed by atoms with Crippen molar-refractivity contribution in [3.63, 3.8) is 0 Å². The molecule has 0 bridgehead atoms. The first-order valence-corrected chi connectivity index (χ1v) is 7.58. The van der Waals surface area contributed by atoms with Crippen LogP contribution in [0.2, 0.25) is 0 Å². The summed E-state index contributed by atoms with van der Waals surface area (Å²) in [5, 5.41) is 0. The van der Waals surface area contributed by atoms with E-state index in [1.54, 1.807) is 0 Å². The van der Waals surface area contributed by atoms with E-state index in [-0.39, 0.29) is 5.56 Å². The van der Waals surface area contributed by atoms with Gasteiger partial charge in [-0.2, -0.15) is 0 Å². The second kappa shape index (κ2) is 7.81. The van der Waals surface area contributed by atoms with Gasteiger partial charge in [0.15, 0.2) is 0 Å². The number of benzene rings is 1. The zero-order valence-electron chi connectivity index (χ0n) is 11.0. The van der Waals surface area contributed by atoms with E-state index in [2.05, 4.69) is 12.1 Å². The van der Waals surface area contributed by atoms with Gasteiger partial charge in [0.2, 0.25) is 0 Å². The van der Waals surface area contributed by atoms with E-state index >= 15 is 0 Å².